The summed E-state index contributed by atoms with van der Waals surface area (Å²) in [5, 5.41) is 12.2. The van der Waals surface area contributed by atoms with Crippen LogP contribution in [0.3, 0.4) is 0 Å². The molecule has 0 bridgehead atoms. The number of amides is 1. The first-order valence-corrected chi connectivity index (χ1v) is 9.64. The maximum Gasteiger partial charge on any atom is 0.284 e. The van der Waals surface area contributed by atoms with Crippen molar-refractivity contribution >= 4 is 17.2 Å². The van der Waals surface area contributed by atoms with Crippen LogP contribution in [0.5, 0.6) is 0 Å². The van der Waals surface area contributed by atoms with Crippen LogP contribution >= 0.6 is 11.3 Å². The number of hydrogen-bond acceptors (Lipinski definition) is 5. The second kappa shape index (κ2) is 9.10. The normalized spacial score (nSPS) is 15.2. The molecule has 1 aromatic carbocycles. The summed E-state index contributed by atoms with van der Waals surface area (Å²) in [7, 11) is 0. The highest BCUT2D eigenvalue weighted by Crippen LogP contribution is 2.28. The Hall–Kier alpha value is -1.73. The van der Waals surface area contributed by atoms with E-state index in [9.17, 15) is 4.79 Å². The number of thiophene rings is 1. The largest absolute Gasteiger partial charge is 0.311 e. The Labute approximate surface area is 152 Å². The molecule has 2 heterocycles. The van der Waals surface area contributed by atoms with Gasteiger partial charge in [0.2, 0.25) is 0 Å². The summed E-state index contributed by atoms with van der Waals surface area (Å²) < 4.78 is 0. The molecule has 2 aromatic rings. The molecule has 134 valence electrons. The molecule has 3 N–H and O–H groups in total. The monoisotopic (exact) mass is 359 g/mol. The van der Waals surface area contributed by atoms with Gasteiger partial charge in [0.25, 0.3) is 5.91 Å². The zero-order valence-electron chi connectivity index (χ0n) is 14.3. The predicted octanol–water partition coefficient (Wildman–Crippen LogP) is 3.11. The third-order valence-electron chi connectivity index (χ3n) is 4.55. The molecule has 1 aliphatic rings. The molecule has 1 amide bonds. The van der Waals surface area contributed by atoms with Crippen LogP contribution < -0.4 is 10.8 Å². The predicted molar refractivity (Wildman–Crippen MR) is 101 cm³/mol. The van der Waals surface area contributed by atoms with E-state index in [0.29, 0.717) is 4.88 Å². The number of nitrogens with zero attached hydrogens (tertiary/aromatic N) is 1. The summed E-state index contributed by atoms with van der Waals surface area (Å²) in [6.07, 6.45) is 4.06. The van der Waals surface area contributed by atoms with Gasteiger partial charge in [0.1, 0.15) is 0 Å². The van der Waals surface area contributed by atoms with Crippen molar-refractivity contribution in [1.29, 1.82) is 0 Å². The summed E-state index contributed by atoms with van der Waals surface area (Å²) in [4.78, 5) is 15.5. The molecule has 25 heavy (non-hydrogen) atoms. The van der Waals surface area contributed by atoms with E-state index in [0.717, 1.165) is 30.1 Å². The van der Waals surface area contributed by atoms with Gasteiger partial charge in [-0.3, -0.25) is 10.0 Å². The second-order valence-electron chi connectivity index (χ2n) is 6.38. The minimum atomic E-state index is -0.467. The highest BCUT2D eigenvalue weighted by Gasteiger charge is 2.10. The van der Waals surface area contributed by atoms with Gasteiger partial charge in [-0.15, -0.1) is 11.3 Å². The first kappa shape index (κ1) is 18.1. The van der Waals surface area contributed by atoms with Gasteiger partial charge in [-0.2, -0.15) is 0 Å². The molecule has 0 saturated carbocycles. The Morgan fingerprint density at radius 2 is 1.84 bits per heavy atom. The smallest absolute Gasteiger partial charge is 0.284 e. The lowest BCUT2D eigenvalue weighted by atomic mass is 10.1. The second-order valence-corrected chi connectivity index (χ2v) is 7.46. The van der Waals surface area contributed by atoms with E-state index in [2.05, 4.69) is 34.5 Å². The van der Waals surface area contributed by atoms with Crippen LogP contribution in [0.1, 0.15) is 34.5 Å². The molecule has 1 aromatic heterocycles. The minimum absolute atomic E-state index is 0.467. The van der Waals surface area contributed by atoms with Crippen molar-refractivity contribution < 1.29 is 10.0 Å². The Morgan fingerprint density at radius 3 is 2.56 bits per heavy atom. The first-order valence-electron chi connectivity index (χ1n) is 8.83. The molecule has 5 nitrogen and oxygen atoms in total. The van der Waals surface area contributed by atoms with E-state index < -0.39 is 5.91 Å². The van der Waals surface area contributed by atoms with Crippen molar-refractivity contribution in [2.45, 2.75) is 25.8 Å². The molecule has 1 aliphatic heterocycles. The molecule has 6 heteroatoms. The van der Waals surface area contributed by atoms with Crippen molar-refractivity contribution in [3.05, 3.63) is 46.8 Å². The molecule has 0 spiro atoms. The molecule has 1 saturated heterocycles. The summed E-state index contributed by atoms with van der Waals surface area (Å²) in [6, 6.07) is 12.0. The Balaban J connectivity index is 1.47. The summed E-state index contributed by atoms with van der Waals surface area (Å²) in [5.74, 6) is -0.467. The zero-order valence-corrected chi connectivity index (χ0v) is 15.1. The molecule has 1 fully saturated rings. The summed E-state index contributed by atoms with van der Waals surface area (Å²) >= 11 is 1.37. The SMILES string of the molecule is O=C(NO)c1ccc(-c2ccc(CNCCN3CCCCC3)cc2)s1. The van der Waals surface area contributed by atoms with Crippen LogP contribution in [0.4, 0.5) is 0 Å². The topological polar surface area (TPSA) is 64.6 Å². The van der Waals surface area contributed by atoms with Crippen molar-refractivity contribution in [3.8, 4) is 10.4 Å². The van der Waals surface area contributed by atoms with Crippen LogP contribution in [0.25, 0.3) is 10.4 Å². The van der Waals surface area contributed by atoms with E-state index in [1.54, 1.807) is 11.5 Å². The standard InChI is InChI=1S/C19H25N3O2S/c23-19(21-24)18-9-8-17(25-18)16-6-4-15(5-7-16)14-20-10-13-22-11-2-1-3-12-22/h4-9,20,24H,1-3,10-14H2,(H,21,23). The highest BCUT2D eigenvalue weighted by atomic mass is 32.1. The lowest BCUT2D eigenvalue weighted by Gasteiger charge is -2.26. The molecule has 0 radical (unpaired) electrons. The maximum atomic E-state index is 11.4. The molecule has 0 atom stereocenters. The lowest BCUT2D eigenvalue weighted by Crippen LogP contribution is -2.35. The van der Waals surface area contributed by atoms with Crippen LogP contribution in [-0.4, -0.2) is 42.2 Å². The summed E-state index contributed by atoms with van der Waals surface area (Å²) in [6.45, 7) is 5.51. The van der Waals surface area contributed by atoms with Crippen molar-refractivity contribution in [2.75, 3.05) is 26.2 Å². The quantitative estimate of drug-likeness (QED) is 0.404. The number of carbonyl (C=O) groups is 1. The van der Waals surface area contributed by atoms with Crippen molar-refractivity contribution in [3.63, 3.8) is 0 Å². The van der Waals surface area contributed by atoms with E-state index in [-0.39, 0.29) is 0 Å². The van der Waals surface area contributed by atoms with E-state index in [4.69, 9.17) is 5.21 Å². The van der Waals surface area contributed by atoms with Crippen molar-refractivity contribution in [1.82, 2.24) is 15.7 Å². The van der Waals surface area contributed by atoms with Gasteiger partial charge >= 0.3 is 0 Å². The average molecular weight is 359 g/mol. The number of nitrogens with one attached hydrogen (secondary N) is 2. The number of rotatable bonds is 7. The van der Waals surface area contributed by atoms with Gasteiger partial charge in [0.05, 0.1) is 4.88 Å². The number of carbonyl (C=O) groups excluding carboxylic acids is 1. The Bertz CT molecular complexity index is 678. The van der Waals surface area contributed by atoms with E-state index in [1.807, 2.05) is 6.07 Å². The van der Waals surface area contributed by atoms with E-state index >= 15 is 0 Å². The third-order valence-corrected chi connectivity index (χ3v) is 5.69. The fourth-order valence-corrected chi connectivity index (χ4v) is 4.01. The number of hydrogen-bond donors (Lipinski definition) is 3. The van der Waals surface area contributed by atoms with Crippen LogP contribution in [0.2, 0.25) is 0 Å². The Morgan fingerprint density at radius 1 is 1.08 bits per heavy atom. The fourth-order valence-electron chi connectivity index (χ4n) is 3.11. The number of hydroxylamine groups is 1. The molecule has 0 aliphatic carbocycles. The fraction of sp³-hybridized carbons (Fsp3) is 0.421. The summed E-state index contributed by atoms with van der Waals surface area (Å²) in [5.41, 5.74) is 4.01. The minimum Gasteiger partial charge on any atom is -0.311 e. The molecular formula is C19H25N3O2S. The van der Waals surface area contributed by atoms with Gasteiger partial charge in [0, 0.05) is 24.5 Å². The van der Waals surface area contributed by atoms with Gasteiger partial charge in [-0.05, 0) is 49.2 Å². The van der Waals surface area contributed by atoms with E-state index in [1.165, 1.54) is 49.3 Å². The van der Waals surface area contributed by atoms with Gasteiger partial charge in [0.15, 0.2) is 0 Å². The number of likely N-dealkylation sites (tertiary alicyclic amines) is 1. The van der Waals surface area contributed by atoms with Crippen LogP contribution in [-0.2, 0) is 6.54 Å². The highest BCUT2D eigenvalue weighted by molar-refractivity contribution is 7.17. The lowest BCUT2D eigenvalue weighted by molar-refractivity contribution is 0.0711. The molecule has 3 rings (SSSR count). The molecule has 0 unspecified atom stereocenters. The zero-order chi connectivity index (χ0) is 17.5. The van der Waals surface area contributed by atoms with Crippen LogP contribution in [0.15, 0.2) is 36.4 Å². The van der Waals surface area contributed by atoms with Crippen molar-refractivity contribution in [2.24, 2.45) is 0 Å². The van der Waals surface area contributed by atoms with Gasteiger partial charge in [-0.25, -0.2) is 5.48 Å². The Kier molecular flexibility index (Phi) is 6.58. The van der Waals surface area contributed by atoms with Gasteiger partial charge in [-0.1, -0.05) is 30.7 Å². The van der Waals surface area contributed by atoms with Gasteiger partial charge < -0.3 is 10.2 Å². The number of piperidine rings is 1. The number of benzene rings is 1. The van der Waals surface area contributed by atoms with Crippen LogP contribution in [0, 0.1) is 0 Å². The third kappa shape index (κ3) is 5.12. The maximum absolute atomic E-state index is 11.4. The average Bonchev–Trinajstić information content (AvgIpc) is 3.16. The molecular weight excluding hydrogens is 334 g/mol. The first-order chi connectivity index (χ1) is 12.3.